The highest BCUT2D eigenvalue weighted by molar-refractivity contribution is 5.95. The van der Waals surface area contributed by atoms with E-state index in [2.05, 4.69) is 15.1 Å². The summed E-state index contributed by atoms with van der Waals surface area (Å²) in [6, 6.07) is 12.4. The van der Waals surface area contributed by atoms with E-state index in [4.69, 9.17) is 23.5 Å². The van der Waals surface area contributed by atoms with Gasteiger partial charge in [-0.1, -0.05) is 5.16 Å². The zero-order valence-corrected chi connectivity index (χ0v) is 16.6. The average molecular weight is 409 g/mol. The van der Waals surface area contributed by atoms with Crippen LogP contribution in [0.2, 0.25) is 0 Å². The van der Waals surface area contributed by atoms with Gasteiger partial charge in [-0.3, -0.25) is 0 Å². The minimum absolute atomic E-state index is 0.161. The van der Waals surface area contributed by atoms with Crippen molar-refractivity contribution in [2.24, 2.45) is 0 Å². The largest absolute Gasteiger partial charge is 0.497 e. The Morgan fingerprint density at radius 1 is 1.00 bits per heavy atom. The monoisotopic (exact) mass is 409 g/mol. The summed E-state index contributed by atoms with van der Waals surface area (Å²) in [6.07, 6.45) is 0. The fraction of sp³-hybridized carbons (Fsp3) is 0.190. The molecule has 0 amide bonds. The number of aromatic nitrogens is 3. The van der Waals surface area contributed by atoms with Gasteiger partial charge in [0, 0.05) is 23.0 Å². The van der Waals surface area contributed by atoms with Gasteiger partial charge < -0.3 is 28.5 Å². The van der Waals surface area contributed by atoms with Crippen molar-refractivity contribution in [3.05, 3.63) is 54.0 Å². The summed E-state index contributed by atoms with van der Waals surface area (Å²) in [4.78, 5) is 19.7. The summed E-state index contributed by atoms with van der Waals surface area (Å²) >= 11 is 0. The lowest BCUT2D eigenvalue weighted by Gasteiger charge is -2.07. The number of carbonyl (C=O) groups is 1. The van der Waals surface area contributed by atoms with Crippen LogP contribution < -0.4 is 14.2 Å². The minimum Gasteiger partial charge on any atom is -0.497 e. The molecule has 0 saturated carbocycles. The van der Waals surface area contributed by atoms with Crippen molar-refractivity contribution in [2.75, 3.05) is 21.3 Å². The molecular weight excluding hydrogens is 390 g/mol. The number of aromatic amines is 1. The zero-order valence-electron chi connectivity index (χ0n) is 16.6. The number of hydrogen-bond acceptors (Lipinski definition) is 8. The second-order valence-electron chi connectivity index (χ2n) is 6.29. The summed E-state index contributed by atoms with van der Waals surface area (Å²) < 4.78 is 26.2. The molecule has 30 heavy (non-hydrogen) atoms. The zero-order chi connectivity index (χ0) is 21.1. The van der Waals surface area contributed by atoms with E-state index in [0.29, 0.717) is 34.3 Å². The number of fused-ring (bicyclic) bond motifs is 1. The van der Waals surface area contributed by atoms with E-state index in [1.54, 1.807) is 44.6 Å². The first kappa shape index (κ1) is 19.3. The van der Waals surface area contributed by atoms with E-state index in [9.17, 15) is 4.79 Å². The number of methoxy groups -OCH3 is 3. The predicted octanol–water partition coefficient (Wildman–Crippen LogP) is 3.60. The van der Waals surface area contributed by atoms with Gasteiger partial charge in [-0.2, -0.15) is 4.98 Å². The van der Waals surface area contributed by atoms with Crippen LogP contribution in [0, 0.1) is 0 Å². The molecule has 0 aliphatic rings. The molecule has 0 radical (unpaired) electrons. The maximum absolute atomic E-state index is 12.4. The standard InChI is InChI=1S/C21H19N3O6/c1-26-13-5-4-12-8-17(22-16(12)9-13)21(25)29-11-19-23-20(24-30-19)15-7-6-14(27-2)10-18(15)28-3/h4-10,22H,11H2,1-3H3. The van der Waals surface area contributed by atoms with E-state index in [-0.39, 0.29) is 12.5 Å². The molecule has 4 rings (SSSR count). The third-order valence-electron chi connectivity index (χ3n) is 4.49. The lowest BCUT2D eigenvalue weighted by Crippen LogP contribution is -2.05. The van der Waals surface area contributed by atoms with Crippen LogP contribution in [0.5, 0.6) is 17.2 Å². The van der Waals surface area contributed by atoms with Crippen LogP contribution in [-0.2, 0) is 11.3 Å². The van der Waals surface area contributed by atoms with E-state index in [1.165, 1.54) is 7.11 Å². The Balaban J connectivity index is 1.46. The van der Waals surface area contributed by atoms with Crippen molar-refractivity contribution in [1.82, 2.24) is 15.1 Å². The highest BCUT2D eigenvalue weighted by Crippen LogP contribution is 2.31. The average Bonchev–Trinajstić information content (AvgIpc) is 3.43. The Hall–Kier alpha value is -4.01. The molecule has 0 atom stereocenters. The molecule has 2 aromatic heterocycles. The van der Waals surface area contributed by atoms with Crippen molar-refractivity contribution < 1.29 is 28.3 Å². The van der Waals surface area contributed by atoms with E-state index in [1.807, 2.05) is 12.1 Å². The van der Waals surface area contributed by atoms with Gasteiger partial charge in [0.2, 0.25) is 5.82 Å². The van der Waals surface area contributed by atoms with Crippen molar-refractivity contribution in [3.8, 4) is 28.6 Å². The number of nitrogens with zero attached hydrogens (tertiary/aromatic N) is 2. The maximum Gasteiger partial charge on any atom is 0.355 e. The molecule has 2 heterocycles. The van der Waals surface area contributed by atoms with Gasteiger partial charge in [0.1, 0.15) is 22.9 Å². The number of benzene rings is 2. The normalized spacial score (nSPS) is 10.8. The molecule has 0 unspecified atom stereocenters. The molecule has 0 aliphatic heterocycles. The fourth-order valence-corrected chi connectivity index (χ4v) is 2.95. The third-order valence-corrected chi connectivity index (χ3v) is 4.49. The molecule has 9 nitrogen and oxygen atoms in total. The number of ether oxygens (including phenoxy) is 4. The van der Waals surface area contributed by atoms with Crippen LogP contribution in [0.3, 0.4) is 0 Å². The minimum atomic E-state index is -0.535. The number of nitrogens with one attached hydrogen (secondary N) is 1. The van der Waals surface area contributed by atoms with Gasteiger partial charge in [-0.25, -0.2) is 4.79 Å². The number of rotatable bonds is 7. The molecule has 9 heteroatoms. The summed E-state index contributed by atoms with van der Waals surface area (Å²) in [5.41, 5.74) is 1.71. The molecule has 0 aliphatic carbocycles. The smallest absolute Gasteiger partial charge is 0.355 e. The first-order valence-electron chi connectivity index (χ1n) is 9.00. The molecular formula is C21H19N3O6. The summed E-state index contributed by atoms with van der Waals surface area (Å²) in [6.45, 7) is -0.164. The van der Waals surface area contributed by atoms with E-state index < -0.39 is 5.97 Å². The Bertz CT molecular complexity index is 1200. The van der Waals surface area contributed by atoms with Crippen molar-refractivity contribution >= 4 is 16.9 Å². The number of esters is 1. The second-order valence-corrected chi connectivity index (χ2v) is 6.29. The number of H-pyrrole nitrogens is 1. The van der Waals surface area contributed by atoms with Crippen LogP contribution in [0.1, 0.15) is 16.4 Å². The topological polar surface area (TPSA) is 109 Å². The molecule has 0 bridgehead atoms. The first-order valence-corrected chi connectivity index (χ1v) is 9.00. The highest BCUT2D eigenvalue weighted by atomic mass is 16.6. The molecule has 0 spiro atoms. The van der Waals surface area contributed by atoms with Crippen LogP contribution in [0.25, 0.3) is 22.3 Å². The van der Waals surface area contributed by atoms with Crippen LogP contribution >= 0.6 is 0 Å². The summed E-state index contributed by atoms with van der Waals surface area (Å²) in [7, 11) is 4.69. The highest BCUT2D eigenvalue weighted by Gasteiger charge is 2.17. The summed E-state index contributed by atoms with van der Waals surface area (Å²) in [5, 5.41) is 4.80. The third kappa shape index (κ3) is 3.77. The van der Waals surface area contributed by atoms with Gasteiger partial charge in [0.15, 0.2) is 6.61 Å². The van der Waals surface area contributed by atoms with Gasteiger partial charge in [0.05, 0.1) is 26.9 Å². The number of carbonyl (C=O) groups excluding carboxylic acids is 1. The Morgan fingerprint density at radius 2 is 1.77 bits per heavy atom. The second kappa shape index (κ2) is 8.16. The predicted molar refractivity (Wildman–Crippen MR) is 107 cm³/mol. The number of hydrogen-bond donors (Lipinski definition) is 1. The van der Waals surface area contributed by atoms with E-state index >= 15 is 0 Å². The Morgan fingerprint density at radius 3 is 2.53 bits per heavy atom. The molecule has 2 aromatic carbocycles. The van der Waals surface area contributed by atoms with Crippen LogP contribution in [0.15, 0.2) is 47.0 Å². The van der Waals surface area contributed by atoms with Gasteiger partial charge in [-0.15, -0.1) is 0 Å². The van der Waals surface area contributed by atoms with Crippen molar-refractivity contribution in [1.29, 1.82) is 0 Å². The summed E-state index contributed by atoms with van der Waals surface area (Å²) in [5.74, 6) is 1.81. The van der Waals surface area contributed by atoms with Crippen molar-refractivity contribution in [2.45, 2.75) is 6.61 Å². The molecule has 1 N–H and O–H groups in total. The lowest BCUT2D eigenvalue weighted by atomic mass is 10.2. The molecule has 154 valence electrons. The molecule has 4 aromatic rings. The van der Waals surface area contributed by atoms with Crippen LogP contribution in [-0.4, -0.2) is 42.4 Å². The Labute approximate surface area is 171 Å². The van der Waals surface area contributed by atoms with Gasteiger partial charge in [-0.05, 0) is 30.3 Å². The quantitative estimate of drug-likeness (QED) is 0.461. The lowest BCUT2D eigenvalue weighted by molar-refractivity contribution is 0.0424. The molecule has 0 fully saturated rings. The Kier molecular flexibility index (Phi) is 5.25. The first-order chi connectivity index (χ1) is 14.6. The SMILES string of the molecule is COc1ccc(-c2noc(COC(=O)c3cc4ccc(OC)cc4[nH]3)n2)c(OC)c1. The van der Waals surface area contributed by atoms with Gasteiger partial charge >= 0.3 is 5.97 Å². The maximum atomic E-state index is 12.4. The van der Waals surface area contributed by atoms with E-state index in [0.717, 1.165) is 10.9 Å². The van der Waals surface area contributed by atoms with Gasteiger partial charge in [0.25, 0.3) is 5.89 Å². The molecule has 0 saturated heterocycles. The fourth-order valence-electron chi connectivity index (χ4n) is 2.95. The van der Waals surface area contributed by atoms with Crippen molar-refractivity contribution in [3.63, 3.8) is 0 Å². The van der Waals surface area contributed by atoms with Crippen LogP contribution in [0.4, 0.5) is 0 Å².